The van der Waals surface area contributed by atoms with Crippen molar-refractivity contribution in [1.82, 2.24) is 4.72 Å². The molecule has 2 heterocycles. The molecule has 2 amide bonds. The summed E-state index contributed by atoms with van der Waals surface area (Å²) >= 11 is 0. The third kappa shape index (κ3) is 3.90. The van der Waals surface area contributed by atoms with Gasteiger partial charge in [0.15, 0.2) is 0 Å². The van der Waals surface area contributed by atoms with Gasteiger partial charge in [0, 0.05) is 36.8 Å². The van der Waals surface area contributed by atoms with Crippen molar-refractivity contribution in [3.05, 3.63) is 53.6 Å². The van der Waals surface area contributed by atoms with Crippen LogP contribution in [-0.4, -0.2) is 32.8 Å². The predicted molar refractivity (Wildman–Crippen MR) is 110 cm³/mol. The first-order valence-electron chi connectivity index (χ1n) is 9.67. The van der Waals surface area contributed by atoms with Crippen molar-refractivity contribution < 1.29 is 18.0 Å². The van der Waals surface area contributed by atoms with E-state index in [0.717, 1.165) is 23.2 Å². The number of sulfonamides is 1. The molecule has 0 aliphatic carbocycles. The van der Waals surface area contributed by atoms with Crippen LogP contribution in [0, 0.1) is 0 Å². The highest BCUT2D eigenvalue weighted by Crippen LogP contribution is 2.32. The number of fused-ring (bicyclic) bond motifs is 2. The number of aryl methyl sites for hydroxylation is 1. The molecule has 2 aliphatic heterocycles. The summed E-state index contributed by atoms with van der Waals surface area (Å²) < 4.78 is 27.8. The lowest BCUT2D eigenvalue weighted by Gasteiger charge is -2.23. The van der Waals surface area contributed by atoms with Gasteiger partial charge in [0.1, 0.15) is 0 Å². The lowest BCUT2D eigenvalue weighted by Crippen LogP contribution is -2.38. The van der Waals surface area contributed by atoms with Crippen molar-refractivity contribution in [1.29, 1.82) is 0 Å². The molecule has 0 aromatic heterocycles. The van der Waals surface area contributed by atoms with E-state index in [2.05, 4.69) is 10.0 Å². The second-order valence-corrected chi connectivity index (χ2v) is 9.23. The van der Waals surface area contributed by atoms with Crippen LogP contribution in [0.1, 0.15) is 30.9 Å². The molecular weight excluding hydrogens is 390 g/mol. The first kappa shape index (κ1) is 19.6. The van der Waals surface area contributed by atoms with Crippen LogP contribution < -0.4 is 14.9 Å². The Morgan fingerprint density at radius 1 is 1.17 bits per heavy atom. The fraction of sp³-hybridized carbons (Fsp3) is 0.333. The first-order chi connectivity index (χ1) is 13.8. The standard InChI is InChI=1S/C21H23N3O4S/c1-14-12-16-4-2-3-5-19(16)24(14)21(26)10-11-22-29(27,28)17-7-8-18-15(13-17)6-9-20(25)23-18/h2-5,7-8,13-14,22H,6,9-12H2,1H3,(H,23,25)/t14-/m0/s1. The van der Waals surface area contributed by atoms with E-state index >= 15 is 0 Å². The molecule has 0 saturated heterocycles. The highest BCUT2D eigenvalue weighted by Gasteiger charge is 2.30. The molecule has 0 unspecified atom stereocenters. The molecule has 2 aliphatic rings. The Kier molecular flexibility index (Phi) is 5.14. The molecule has 4 rings (SSSR count). The summed E-state index contributed by atoms with van der Waals surface area (Å²) in [4.78, 5) is 26.1. The normalized spacial score (nSPS) is 18.2. The zero-order chi connectivity index (χ0) is 20.6. The highest BCUT2D eigenvalue weighted by atomic mass is 32.2. The summed E-state index contributed by atoms with van der Waals surface area (Å²) in [6, 6.07) is 12.5. The molecule has 0 saturated carbocycles. The van der Waals surface area contributed by atoms with Crippen LogP contribution in [-0.2, 0) is 32.5 Å². The number of hydrogen-bond acceptors (Lipinski definition) is 4. The van der Waals surface area contributed by atoms with Gasteiger partial charge in [-0.2, -0.15) is 0 Å². The van der Waals surface area contributed by atoms with Crippen LogP contribution in [0.5, 0.6) is 0 Å². The molecule has 2 N–H and O–H groups in total. The summed E-state index contributed by atoms with van der Waals surface area (Å²) in [6.07, 6.45) is 1.74. The van der Waals surface area contributed by atoms with Crippen molar-refractivity contribution in [2.75, 3.05) is 16.8 Å². The molecule has 0 fully saturated rings. The second-order valence-electron chi connectivity index (χ2n) is 7.46. The van der Waals surface area contributed by atoms with E-state index in [-0.39, 0.29) is 35.7 Å². The molecule has 8 heteroatoms. The third-order valence-electron chi connectivity index (χ3n) is 5.39. The maximum atomic E-state index is 12.7. The van der Waals surface area contributed by atoms with Crippen LogP contribution in [0.2, 0.25) is 0 Å². The fourth-order valence-corrected chi connectivity index (χ4v) is 5.05. The number of hydrogen-bond donors (Lipinski definition) is 2. The van der Waals surface area contributed by atoms with Crippen molar-refractivity contribution in [2.45, 2.75) is 43.5 Å². The van der Waals surface area contributed by atoms with Gasteiger partial charge in [-0.15, -0.1) is 0 Å². The van der Waals surface area contributed by atoms with Crippen LogP contribution in [0.15, 0.2) is 47.4 Å². The SMILES string of the molecule is C[C@H]1Cc2ccccc2N1C(=O)CCNS(=O)(=O)c1ccc2c(c1)CCC(=O)N2. The Balaban J connectivity index is 1.40. The summed E-state index contributed by atoms with van der Waals surface area (Å²) in [5.41, 5.74) is 3.49. The zero-order valence-corrected chi connectivity index (χ0v) is 17.0. The molecular formula is C21H23N3O4S. The summed E-state index contributed by atoms with van der Waals surface area (Å²) in [5.74, 6) is -0.166. The van der Waals surface area contributed by atoms with Crippen LogP contribution in [0.3, 0.4) is 0 Å². The number of rotatable bonds is 5. The number of carbonyl (C=O) groups is 2. The molecule has 152 valence electrons. The maximum absolute atomic E-state index is 12.7. The van der Waals surface area contributed by atoms with Gasteiger partial charge in [0.2, 0.25) is 21.8 Å². The van der Waals surface area contributed by atoms with Crippen LogP contribution in [0.25, 0.3) is 0 Å². The summed E-state index contributed by atoms with van der Waals surface area (Å²) in [7, 11) is -3.73. The number of carbonyl (C=O) groups excluding carboxylic acids is 2. The Hall–Kier alpha value is -2.71. The Labute approximate surface area is 170 Å². The Bertz CT molecular complexity index is 1080. The minimum atomic E-state index is -3.73. The number of benzene rings is 2. The molecule has 7 nitrogen and oxygen atoms in total. The van der Waals surface area contributed by atoms with E-state index in [0.29, 0.717) is 18.5 Å². The van der Waals surface area contributed by atoms with Crippen molar-refractivity contribution in [3.8, 4) is 0 Å². The molecule has 1 atom stereocenters. The number of para-hydroxylation sites is 1. The molecule has 0 spiro atoms. The Morgan fingerprint density at radius 2 is 1.97 bits per heavy atom. The first-order valence-corrected chi connectivity index (χ1v) is 11.2. The third-order valence-corrected chi connectivity index (χ3v) is 6.85. The summed E-state index contributed by atoms with van der Waals surface area (Å²) in [6.45, 7) is 2.02. The van der Waals surface area contributed by atoms with Crippen LogP contribution in [0.4, 0.5) is 11.4 Å². The molecule has 0 bridgehead atoms. The predicted octanol–water partition coefficient (Wildman–Crippen LogP) is 2.22. The molecule has 2 aromatic carbocycles. The minimum absolute atomic E-state index is 0.0281. The highest BCUT2D eigenvalue weighted by molar-refractivity contribution is 7.89. The van der Waals surface area contributed by atoms with Gasteiger partial charge in [-0.25, -0.2) is 13.1 Å². The van der Waals surface area contributed by atoms with E-state index in [1.807, 2.05) is 31.2 Å². The van der Waals surface area contributed by atoms with E-state index < -0.39 is 10.0 Å². The maximum Gasteiger partial charge on any atom is 0.240 e. The molecule has 29 heavy (non-hydrogen) atoms. The number of amides is 2. The van der Waals surface area contributed by atoms with E-state index in [9.17, 15) is 18.0 Å². The monoisotopic (exact) mass is 413 g/mol. The van der Waals surface area contributed by atoms with Gasteiger partial charge < -0.3 is 10.2 Å². The van der Waals surface area contributed by atoms with Gasteiger partial charge in [-0.1, -0.05) is 18.2 Å². The van der Waals surface area contributed by atoms with Gasteiger partial charge in [-0.05, 0) is 55.2 Å². The average Bonchev–Trinajstić information content (AvgIpc) is 3.03. The number of nitrogens with zero attached hydrogens (tertiary/aromatic N) is 1. The number of nitrogens with one attached hydrogen (secondary N) is 2. The number of anilines is 2. The van der Waals surface area contributed by atoms with Gasteiger partial charge in [0.05, 0.1) is 4.90 Å². The van der Waals surface area contributed by atoms with Gasteiger partial charge in [-0.3, -0.25) is 9.59 Å². The van der Waals surface area contributed by atoms with E-state index in [4.69, 9.17) is 0 Å². The lowest BCUT2D eigenvalue weighted by molar-refractivity contribution is -0.119. The van der Waals surface area contributed by atoms with Crippen molar-refractivity contribution in [2.24, 2.45) is 0 Å². The average molecular weight is 413 g/mol. The van der Waals surface area contributed by atoms with Crippen molar-refractivity contribution >= 4 is 33.2 Å². The topological polar surface area (TPSA) is 95.6 Å². The minimum Gasteiger partial charge on any atom is -0.326 e. The largest absolute Gasteiger partial charge is 0.326 e. The summed E-state index contributed by atoms with van der Waals surface area (Å²) in [5, 5.41) is 2.74. The zero-order valence-electron chi connectivity index (χ0n) is 16.1. The fourth-order valence-electron chi connectivity index (χ4n) is 3.97. The van der Waals surface area contributed by atoms with Crippen LogP contribution >= 0.6 is 0 Å². The second kappa shape index (κ2) is 7.61. The smallest absolute Gasteiger partial charge is 0.240 e. The molecule has 2 aromatic rings. The van der Waals surface area contributed by atoms with Gasteiger partial charge >= 0.3 is 0 Å². The molecule has 0 radical (unpaired) electrons. The quantitative estimate of drug-likeness (QED) is 0.786. The van der Waals surface area contributed by atoms with E-state index in [1.54, 1.807) is 17.0 Å². The van der Waals surface area contributed by atoms with E-state index in [1.165, 1.54) is 6.07 Å². The Morgan fingerprint density at radius 3 is 2.79 bits per heavy atom. The lowest BCUT2D eigenvalue weighted by atomic mass is 10.0. The van der Waals surface area contributed by atoms with Crippen molar-refractivity contribution in [3.63, 3.8) is 0 Å². The van der Waals surface area contributed by atoms with Gasteiger partial charge in [0.25, 0.3) is 0 Å².